The number of unbranched alkanes of at least 4 members (excludes halogenated alkanes) is 5. The number of benzene rings is 3. The first-order valence-corrected chi connectivity index (χ1v) is 15.0. The van der Waals surface area contributed by atoms with E-state index < -0.39 is 11.2 Å². The van der Waals surface area contributed by atoms with Gasteiger partial charge in [-0.2, -0.15) is 0 Å². The average Bonchev–Trinajstić information content (AvgIpc) is 3.50. The van der Waals surface area contributed by atoms with Crippen LogP contribution in [0, 0.1) is 0 Å². The van der Waals surface area contributed by atoms with Gasteiger partial charge in [0, 0.05) is 26.6 Å². The third-order valence-corrected chi connectivity index (χ3v) is 9.30. The number of hydrogen-bond donors (Lipinski definition) is 0. The third kappa shape index (κ3) is 7.16. The smallest absolute Gasteiger partial charge is 0.231 e. The van der Waals surface area contributed by atoms with Gasteiger partial charge in [-0.1, -0.05) is 86.2 Å². The van der Waals surface area contributed by atoms with E-state index in [0.717, 1.165) is 30.1 Å². The normalized spacial score (nSPS) is 14.0. The van der Waals surface area contributed by atoms with E-state index in [-0.39, 0.29) is 5.25 Å². The van der Waals surface area contributed by atoms with E-state index in [1.807, 2.05) is 29.5 Å². The summed E-state index contributed by atoms with van der Waals surface area (Å²) in [6.07, 6.45) is 8.32. The van der Waals surface area contributed by atoms with Crippen LogP contribution in [0.5, 0.6) is 11.5 Å². The molecule has 0 aliphatic carbocycles. The number of fused-ring (bicyclic) bond motifs is 4. The molecule has 3 aromatic carbocycles. The third-order valence-electron chi connectivity index (χ3n) is 6.39. The Morgan fingerprint density at radius 3 is 2.17 bits per heavy atom. The minimum Gasteiger partial charge on any atom is -0.616 e. The lowest BCUT2D eigenvalue weighted by Crippen LogP contribution is -2.23. The molecular weight excluding hydrogens is 472 g/mol. The highest BCUT2D eigenvalue weighted by Gasteiger charge is 2.19. The molecule has 0 spiro atoms. The molecule has 3 nitrogen and oxygen atoms in total. The lowest BCUT2D eigenvalue weighted by molar-refractivity contribution is 0.174. The van der Waals surface area contributed by atoms with E-state index in [1.165, 1.54) is 57.8 Å². The summed E-state index contributed by atoms with van der Waals surface area (Å²) < 4.78 is 25.8. The molecule has 35 heavy (non-hydrogen) atoms. The first kappa shape index (κ1) is 25.9. The molecule has 0 saturated heterocycles. The highest BCUT2D eigenvalue weighted by molar-refractivity contribution is 7.91. The van der Waals surface area contributed by atoms with Crippen LogP contribution in [0.15, 0.2) is 66.7 Å². The van der Waals surface area contributed by atoms with E-state index >= 15 is 0 Å². The van der Waals surface area contributed by atoms with E-state index in [9.17, 15) is 4.55 Å². The first-order valence-electron chi connectivity index (χ1n) is 12.8. The molecule has 0 saturated carbocycles. The predicted molar refractivity (Wildman–Crippen MR) is 151 cm³/mol. The van der Waals surface area contributed by atoms with Crippen molar-refractivity contribution in [3.05, 3.63) is 72.3 Å². The summed E-state index contributed by atoms with van der Waals surface area (Å²) >= 11 is 1.12. The van der Waals surface area contributed by atoms with Crippen LogP contribution < -0.4 is 9.47 Å². The molecule has 1 aromatic heterocycles. The van der Waals surface area contributed by atoms with Crippen molar-refractivity contribution in [1.29, 1.82) is 0 Å². The van der Waals surface area contributed by atoms with Crippen LogP contribution in [0.3, 0.4) is 0 Å². The van der Waals surface area contributed by atoms with Crippen LogP contribution in [0.4, 0.5) is 0 Å². The van der Waals surface area contributed by atoms with Crippen molar-refractivity contribution in [2.75, 3.05) is 12.5 Å². The van der Waals surface area contributed by atoms with Gasteiger partial charge in [-0.3, -0.25) is 0 Å². The van der Waals surface area contributed by atoms with Gasteiger partial charge in [-0.15, -0.1) is 11.3 Å². The first-order chi connectivity index (χ1) is 17.2. The number of hydrogen-bond acceptors (Lipinski definition) is 4. The van der Waals surface area contributed by atoms with Crippen molar-refractivity contribution in [3.63, 3.8) is 0 Å². The van der Waals surface area contributed by atoms with Crippen LogP contribution >= 0.6 is 11.3 Å². The predicted octanol–water partition coefficient (Wildman–Crippen LogP) is 8.51. The fourth-order valence-corrected chi connectivity index (χ4v) is 6.77. The van der Waals surface area contributed by atoms with Gasteiger partial charge in [0.1, 0.15) is 11.0 Å². The van der Waals surface area contributed by atoms with Crippen LogP contribution in [0.2, 0.25) is 0 Å². The molecule has 186 valence electrons. The molecule has 0 fully saturated rings. The average molecular weight is 509 g/mol. The van der Waals surface area contributed by atoms with Gasteiger partial charge < -0.3 is 14.0 Å². The zero-order chi connectivity index (χ0) is 24.5. The monoisotopic (exact) mass is 508 g/mol. The standard InChI is InChI=1S/C18H28O3S.C12H8S/c1-3-4-5-6-7-8-11-22(19)15(2)12-16-9-10-17-18(13-16)21-14-20-17;1-3-7-11-9(5-1)10-6-2-4-8-12(10)13-11/h9-10,13,15H,3-8,11-12,14H2,1-2H3;1-8H. The van der Waals surface area contributed by atoms with Crippen molar-refractivity contribution < 1.29 is 14.0 Å². The SMILES string of the molecule is CCCCCCCC[S+]([O-])C(C)Cc1ccc2c(c1)OCO2.c1ccc2c(c1)sc1ccccc12. The van der Waals surface area contributed by atoms with Gasteiger partial charge in [0.2, 0.25) is 6.79 Å². The van der Waals surface area contributed by atoms with Gasteiger partial charge in [0.15, 0.2) is 11.5 Å². The van der Waals surface area contributed by atoms with Gasteiger partial charge in [-0.25, -0.2) is 0 Å². The highest BCUT2D eigenvalue weighted by Crippen LogP contribution is 2.34. The second-order valence-corrected chi connectivity index (χ2v) is 12.2. The maximum Gasteiger partial charge on any atom is 0.231 e. The number of ether oxygens (including phenoxy) is 2. The summed E-state index contributed by atoms with van der Waals surface area (Å²) in [4.78, 5) is 0. The maximum absolute atomic E-state index is 12.3. The summed E-state index contributed by atoms with van der Waals surface area (Å²) in [5, 5.41) is 2.95. The molecule has 0 N–H and O–H groups in total. The Kier molecular flexibility index (Phi) is 9.75. The fourth-order valence-electron chi connectivity index (χ4n) is 4.39. The maximum atomic E-state index is 12.3. The molecule has 2 atom stereocenters. The second-order valence-electron chi connectivity index (χ2n) is 9.15. The van der Waals surface area contributed by atoms with Crippen molar-refractivity contribution in [3.8, 4) is 11.5 Å². The fraction of sp³-hybridized carbons (Fsp3) is 0.400. The topological polar surface area (TPSA) is 41.5 Å². The van der Waals surface area contributed by atoms with Crippen molar-refractivity contribution in [2.45, 2.75) is 64.0 Å². The molecule has 0 bridgehead atoms. The Morgan fingerprint density at radius 1 is 0.829 bits per heavy atom. The van der Waals surface area contributed by atoms with Crippen molar-refractivity contribution in [2.24, 2.45) is 0 Å². The van der Waals surface area contributed by atoms with Crippen LogP contribution in [0.1, 0.15) is 57.9 Å². The summed E-state index contributed by atoms with van der Waals surface area (Å²) in [5.74, 6) is 2.45. The molecular formula is C30H36O3S2. The number of rotatable bonds is 10. The lowest BCUT2D eigenvalue weighted by Gasteiger charge is -2.18. The molecule has 1 aliphatic heterocycles. The van der Waals surface area contributed by atoms with Crippen molar-refractivity contribution >= 4 is 42.7 Å². The van der Waals surface area contributed by atoms with E-state index in [0.29, 0.717) is 6.79 Å². The molecule has 5 rings (SSSR count). The van der Waals surface area contributed by atoms with Gasteiger partial charge >= 0.3 is 0 Å². The van der Waals surface area contributed by atoms with E-state index in [1.54, 1.807) is 0 Å². The Hall–Kier alpha value is -2.21. The van der Waals surface area contributed by atoms with Crippen LogP contribution in [0.25, 0.3) is 20.2 Å². The molecule has 4 aromatic rings. The van der Waals surface area contributed by atoms with E-state index in [2.05, 4.69) is 62.4 Å². The zero-order valence-electron chi connectivity index (χ0n) is 20.8. The Morgan fingerprint density at radius 2 is 1.46 bits per heavy atom. The summed E-state index contributed by atoms with van der Waals surface area (Å²) in [6, 6.07) is 23.1. The Labute approximate surface area is 216 Å². The van der Waals surface area contributed by atoms with Crippen molar-refractivity contribution in [1.82, 2.24) is 0 Å². The summed E-state index contributed by atoms with van der Waals surface area (Å²) in [5.41, 5.74) is 1.17. The van der Waals surface area contributed by atoms with Gasteiger partial charge in [-0.05, 0) is 49.6 Å². The Bertz CT molecular complexity index is 1150. The molecule has 1 aliphatic rings. The lowest BCUT2D eigenvalue weighted by atomic mass is 10.1. The van der Waals surface area contributed by atoms with Crippen LogP contribution in [-0.4, -0.2) is 22.3 Å². The summed E-state index contributed by atoms with van der Waals surface area (Å²) in [7, 11) is 0. The molecule has 0 amide bonds. The second kappa shape index (κ2) is 13.2. The molecule has 2 unspecified atom stereocenters. The molecule has 2 heterocycles. The minimum atomic E-state index is -0.743. The molecule has 5 heteroatoms. The molecule has 0 radical (unpaired) electrons. The Balaban J connectivity index is 0.000000186. The number of thiophene rings is 1. The van der Waals surface area contributed by atoms with E-state index in [4.69, 9.17) is 9.47 Å². The highest BCUT2D eigenvalue weighted by atomic mass is 32.2. The minimum absolute atomic E-state index is 0.191. The quantitative estimate of drug-likeness (QED) is 0.159. The van der Waals surface area contributed by atoms with Gasteiger partial charge in [0.05, 0.1) is 0 Å². The van der Waals surface area contributed by atoms with Gasteiger partial charge in [0.25, 0.3) is 0 Å². The van der Waals surface area contributed by atoms with Crippen LogP contribution in [-0.2, 0) is 17.6 Å². The summed E-state index contributed by atoms with van der Waals surface area (Å²) in [6.45, 7) is 4.61. The zero-order valence-corrected chi connectivity index (χ0v) is 22.5. The largest absolute Gasteiger partial charge is 0.616 e.